The van der Waals surface area contributed by atoms with E-state index in [2.05, 4.69) is 30.2 Å². The number of nitrogens with zero attached hydrogens (tertiary/aromatic N) is 7. The molecule has 0 aromatic carbocycles. The summed E-state index contributed by atoms with van der Waals surface area (Å²) in [6.45, 7) is 3.65. The fourth-order valence-electron chi connectivity index (χ4n) is 3.19. The van der Waals surface area contributed by atoms with E-state index in [4.69, 9.17) is 0 Å². The van der Waals surface area contributed by atoms with Gasteiger partial charge in [-0.15, -0.1) is 0 Å². The van der Waals surface area contributed by atoms with Gasteiger partial charge in [0, 0.05) is 32.6 Å². The Morgan fingerprint density at radius 1 is 1.18 bits per heavy atom. The van der Waals surface area contributed by atoms with Gasteiger partial charge in [-0.05, 0) is 6.42 Å². The minimum Gasteiger partial charge on any atom is -0.339 e. The largest absolute Gasteiger partial charge is 0.339 e. The summed E-state index contributed by atoms with van der Waals surface area (Å²) in [4.78, 5) is 25.1. The Morgan fingerprint density at radius 3 is 2.82 bits per heavy atom. The first-order chi connectivity index (χ1) is 10.8. The van der Waals surface area contributed by atoms with Gasteiger partial charge in [-0.3, -0.25) is 4.79 Å². The van der Waals surface area contributed by atoms with Crippen LogP contribution < -0.4 is 4.90 Å². The molecule has 2 aromatic rings. The number of aryl methyl sites for hydroxylation is 1. The van der Waals surface area contributed by atoms with Gasteiger partial charge >= 0.3 is 0 Å². The molecule has 9 nitrogen and oxygen atoms in total. The number of carbonyl (C=O) groups excluding carboxylic acids is 1. The molecule has 2 aliphatic rings. The highest BCUT2D eigenvalue weighted by atomic mass is 16.2. The third-order valence-electron chi connectivity index (χ3n) is 4.45. The van der Waals surface area contributed by atoms with Crippen molar-refractivity contribution in [3.05, 3.63) is 18.5 Å². The molecule has 9 heteroatoms. The third-order valence-corrected chi connectivity index (χ3v) is 4.45. The van der Waals surface area contributed by atoms with E-state index in [1.165, 1.54) is 6.33 Å². The van der Waals surface area contributed by atoms with Gasteiger partial charge in [0.05, 0.1) is 12.5 Å². The smallest absolute Gasteiger partial charge is 0.227 e. The van der Waals surface area contributed by atoms with Crippen LogP contribution in [0.5, 0.6) is 0 Å². The number of fused-ring (bicyclic) bond motifs is 1. The third kappa shape index (κ3) is 2.32. The highest BCUT2D eigenvalue weighted by Crippen LogP contribution is 2.21. The molecular weight excluding hydrogens is 284 g/mol. The Labute approximate surface area is 127 Å². The van der Waals surface area contributed by atoms with Gasteiger partial charge in [-0.2, -0.15) is 15.2 Å². The second kappa shape index (κ2) is 5.39. The van der Waals surface area contributed by atoms with E-state index in [-0.39, 0.29) is 11.8 Å². The van der Waals surface area contributed by atoms with Crippen LogP contribution in [0.3, 0.4) is 0 Å². The highest BCUT2D eigenvalue weighted by Gasteiger charge is 2.31. The summed E-state index contributed by atoms with van der Waals surface area (Å²) < 4.78 is 1.86. The van der Waals surface area contributed by atoms with Crippen LogP contribution in [0.25, 0.3) is 0 Å². The van der Waals surface area contributed by atoms with Crippen molar-refractivity contribution in [1.29, 1.82) is 0 Å². The van der Waals surface area contributed by atoms with E-state index in [1.54, 1.807) is 6.33 Å². The lowest BCUT2D eigenvalue weighted by atomic mass is 9.98. The van der Waals surface area contributed by atoms with Crippen molar-refractivity contribution in [2.24, 2.45) is 5.92 Å². The quantitative estimate of drug-likeness (QED) is 0.788. The molecule has 0 spiro atoms. The summed E-state index contributed by atoms with van der Waals surface area (Å²) in [5, 5.41) is 10.9. The van der Waals surface area contributed by atoms with E-state index in [1.807, 2.05) is 9.58 Å². The predicted molar refractivity (Wildman–Crippen MR) is 77.0 cm³/mol. The number of piperazine rings is 1. The van der Waals surface area contributed by atoms with E-state index in [0.717, 1.165) is 50.8 Å². The molecule has 0 aliphatic carbocycles. The van der Waals surface area contributed by atoms with E-state index in [9.17, 15) is 4.79 Å². The Morgan fingerprint density at radius 2 is 2.05 bits per heavy atom. The summed E-state index contributed by atoms with van der Waals surface area (Å²) in [5.74, 6) is 2.01. The molecule has 4 heterocycles. The molecule has 2 aliphatic heterocycles. The Bertz CT molecular complexity index is 643. The van der Waals surface area contributed by atoms with Crippen molar-refractivity contribution in [2.75, 3.05) is 31.1 Å². The summed E-state index contributed by atoms with van der Waals surface area (Å²) in [6.07, 6.45) is 4.76. The first-order valence-corrected chi connectivity index (χ1v) is 7.57. The predicted octanol–water partition coefficient (Wildman–Crippen LogP) is -0.693. The van der Waals surface area contributed by atoms with Crippen LogP contribution in [-0.2, 0) is 17.8 Å². The molecule has 4 rings (SSSR count). The molecule has 0 saturated carbocycles. The lowest BCUT2D eigenvalue weighted by molar-refractivity contribution is -0.137. The van der Waals surface area contributed by atoms with Gasteiger partial charge in [0.15, 0.2) is 0 Å². The SMILES string of the molecule is O=C(C1CCc2ncnn2C1)N1CCN(c2ncn[nH]2)CC1. The van der Waals surface area contributed by atoms with Crippen LogP contribution in [-0.4, -0.2) is 66.9 Å². The average Bonchev–Trinajstić information content (AvgIpc) is 3.25. The summed E-state index contributed by atoms with van der Waals surface area (Å²) in [6, 6.07) is 0. The molecule has 1 atom stereocenters. The number of rotatable bonds is 2. The van der Waals surface area contributed by atoms with Crippen LogP contribution in [0, 0.1) is 5.92 Å². The van der Waals surface area contributed by atoms with Crippen LogP contribution in [0.15, 0.2) is 12.7 Å². The molecule has 2 aromatic heterocycles. The molecule has 0 bridgehead atoms. The van der Waals surface area contributed by atoms with Gasteiger partial charge < -0.3 is 9.80 Å². The van der Waals surface area contributed by atoms with Crippen molar-refractivity contribution < 1.29 is 4.79 Å². The number of carbonyl (C=O) groups is 1. The maximum Gasteiger partial charge on any atom is 0.227 e. The number of H-pyrrole nitrogens is 1. The van der Waals surface area contributed by atoms with E-state index < -0.39 is 0 Å². The van der Waals surface area contributed by atoms with Crippen molar-refractivity contribution in [3.63, 3.8) is 0 Å². The number of aromatic nitrogens is 6. The number of amides is 1. The standard InChI is InChI=1S/C13H18N8O/c22-12(10-1-2-11-14-9-17-21(11)7-10)19-3-5-20(6-4-19)13-15-8-16-18-13/h8-10H,1-7H2,(H,15,16,18). The Balaban J connectivity index is 1.37. The van der Waals surface area contributed by atoms with Gasteiger partial charge in [0.25, 0.3) is 0 Å². The number of aromatic amines is 1. The number of hydrogen-bond donors (Lipinski definition) is 1. The summed E-state index contributed by atoms with van der Waals surface area (Å²) in [7, 11) is 0. The van der Waals surface area contributed by atoms with Gasteiger partial charge in [0.2, 0.25) is 11.9 Å². The number of anilines is 1. The molecule has 1 saturated heterocycles. The average molecular weight is 302 g/mol. The second-order valence-corrected chi connectivity index (χ2v) is 5.72. The van der Waals surface area contributed by atoms with Crippen molar-refractivity contribution in [1.82, 2.24) is 34.8 Å². The molecular formula is C13H18N8O. The molecule has 1 unspecified atom stereocenters. The molecule has 1 fully saturated rings. The van der Waals surface area contributed by atoms with Crippen molar-refractivity contribution in [2.45, 2.75) is 19.4 Å². The fourth-order valence-corrected chi connectivity index (χ4v) is 3.19. The first-order valence-electron chi connectivity index (χ1n) is 7.57. The Hall–Kier alpha value is -2.45. The van der Waals surface area contributed by atoms with Crippen LogP contribution in [0.4, 0.5) is 5.95 Å². The monoisotopic (exact) mass is 302 g/mol. The molecule has 0 radical (unpaired) electrons. The van der Waals surface area contributed by atoms with E-state index >= 15 is 0 Å². The maximum atomic E-state index is 12.7. The topological polar surface area (TPSA) is 95.8 Å². The minimum absolute atomic E-state index is 0.0195. The zero-order valence-corrected chi connectivity index (χ0v) is 12.2. The molecule has 1 N–H and O–H groups in total. The summed E-state index contributed by atoms with van der Waals surface area (Å²) >= 11 is 0. The van der Waals surface area contributed by atoms with Gasteiger partial charge in [0.1, 0.15) is 18.5 Å². The van der Waals surface area contributed by atoms with Crippen LogP contribution >= 0.6 is 0 Å². The van der Waals surface area contributed by atoms with E-state index in [0.29, 0.717) is 6.54 Å². The van der Waals surface area contributed by atoms with Gasteiger partial charge in [-0.1, -0.05) is 0 Å². The van der Waals surface area contributed by atoms with Gasteiger partial charge in [-0.25, -0.2) is 14.8 Å². The summed E-state index contributed by atoms with van der Waals surface area (Å²) in [5.41, 5.74) is 0. The lowest BCUT2D eigenvalue weighted by Crippen LogP contribution is -2.51. The minimum atomic E-state index is 0.0195. The first kappa shape index (κ1) is 13.2. The second-order valence-electron chi connectivity index (χ2n) is 5.72. The zero-order valence-electron chi connectivity index (χ0n) is 12.2. The normalized spacial score (nSPS) is 21.7. The zero-order chi connectivity index (χ0) is 14.9. The van der Waals surface area contributed by atoms with Crippen molar-refractivity contribution in [3.8, 4) is 0 Å². The number of hydrogen-bond acceptors (Lipinski definition) is 6. The van der Waals surface area contributed by atoms with Crippen LogP contribution in [0.2, 0.25) is 0 Å². The number of nitrogens with one attached hydrogen (secondary N) is 1. The molecule has 116 valence electrons. The fraction of sp³-hybridized carbons (Fsp3) is 0.615. The molecule has 1 amide bonds. The lowest BCUT2D eigenvalue weighted by Gasteiger charge is -2.36. The van der Waals surface area contributed by atoms with Crippen molar-refractivity contribution >= 4 is 11.9 Å². The maximum absolute atomic E-state index is 12.7. The highest BCUT2D eigenvalue weighted by molar-refractivity contribution is 5.79. The molecule has 22 heavy (non-hydrogen) atoms. The Kier molecular flexibility index (Phi) is 3.24. The van der Waals surface area contributed by atoms with Crippen LogP contribution in [0.1, 0.15) is 12.2 Å².